The van der Waals surface area contributed by atoms with Crippen LogP contribution in [0.4, 0.5) is 5.95 Å². The van der Waals surface area contributed by atoms with Crippen molar-refractivity contribution >= 4 is 11.9 Å². The van der Waals surface area contributed by atoms with Gasteiger partial charge in [0.15, 0.2) is 0 Å². The van der Waals surface area contributed by atoms with E-state index in [0.717, 1.165) is 0 Å². The molecule has 0 aliphatic heterocycles. The van der Waals surface area contributed by atoms with Gasteiger partial charge in [0.2, 0.25) is 11.9 Å². The zero-order chi connectivity index (χ0) is 12.4. The Bertz CT molecular complexity index is 635. The maximum Gasteiger partial charge on any atom is 0.349 e. The zero-order valence-electron chi connectivity index (χ0n) is 8.68. The van der Waals surface area contributed by atoms with Crippen LogP contribution in [0.1, 0.15) is 10.4 Å². The quantitative estimate of drug-likeness (QED) is 0.642. The minimum atomic E-state index is -0.600. The molecule has 2 rings (SSSR count). The van der Waals surface area contributed by atoms with Gasteiger partial charge < -0.3 is 11.5 Å². The first-order chi connectivity index (χ1) is 8.06. The normalized spacial score (nSPS) is 10.1. The maximum absolute atomic E-state index is 11.1. The van der Waals surface area contributed by atoms with Gasteiger partial charge in [0.05, 0.1) is 0 Å². The second kappa shape index (κ2) is 4.05. The number of nitrogens with zero attached hydrogens (tertiary/aromatic N) is 2. The third-order valence-corrected chi connectivity index (χ3v) is 2.09. The number of anilines is 1. The molecule has 0 spiro atoms. The molecule has 0 radical (unpaired) electrons. The Morgan fingerprint density at radius 3 is 2.71 bits per heavy atom. The Hall–Kier alpha value is -2.70. The summed E-state index contributed by atoms with van der Waals surface area (Å²) in [6, 6.07) is 6.38. The lowest BCUT2D eigenvalue weighted by Gasteiger charge is -2.02. The summed E-state index contributed by atoms with van der Waals surface area (Å²) in [5.41, 5.74) is 10.8. The first kappa shape index (κ1) is 10.8. The summed E-state index contributed by atoms with van der Waals surface area (Å²) < 4.78 is 0. The fraction of sp³-hybridized carbons (Fsp3) is 0. The van der Waals surface area contributed by atoms with E-state index >= 15 is 0 Å². The van der Waals surface area contributed by atoms with Crippen LogP contribution in [0.15, 0.2) is 29.1 Å². The number of aromatic amines is 1. The van der Waals surface area contributed by atoms with Gasteiger partial charge >= 0.3 is 5.69 Å². The van der Waals surface area contributed by atoms with Crippen molar-refractivity contribution in [3.05, 3.63) is 40.3 Å². The minimum absolute atomic E-state index is 0.131. The molecule has 1 aromatic heterocycles. The Kier molecular flexibility index (Phi) is 2.57. The number of nitrogen functional groups attached to an aromatic ring is 1. The van der Waals surface area contributed by atoms with Gasteiger partial charge in [0.1, 0.15) is 5.82 Å². The summed E-state index contributed by atoms with van der Waals surface area (Å²) in [4.78, 5) is 31.8. The zero-order valence-corrected chi connectivity index (χ0v) is 8.68. The molecule has 1 aromatic carbocycles. The van der Waals surface area contributed by atoms with Gasteiger partial charge in [0.25, 0.3) is 0 Å². The number of hydrogen-bond donors (Lipinski definition) is 3. The van der Waals surface area contributed by atoms with Crippen molar-refractivity contribution in [2.75, 3.05) is 5.73 Å². The van der Waals surface area contributed by atoms with Crippen molar-refractivity contribution in [1.29, 1.82) is 0 Å². The van der Waals surface area contributed by atoms with Crippen LogP contribution in [-0.2, 0) is 0 Å². The van der Waals surface area contributed by atoms with E-state index in [2.05, 4.69) is 15.0 Å². The molecule has 17 heavy (non-hydrogen) atoms. The van der Waals surface area contributed by atoms with Gasteiger partial charge in [-0.15, -0.1) is 0 Å². The van der Waals surface area contributed by atoms with Crippen molar-refractivity contribution < 1.29 is 4.79 Å². The molecule has 0 fully saturated rings. The number of rotatable bonds is 2. The molecule has 0 saturated carbocycles. The van der Waals surface area contributed by atoms with Crippen molar-refractivity contribution in [2.24, 2.45) is 5.73 Å². The van der Waals surface area contributed by atoms with Crippen LogP contribution in [0.25, 0.3) is 11.4 Å². The third-order valence-electron chi connectivity index (χ3n) is 2.09. The summed E-state index contributed by atoms with van der Waals surface area (Å²) in [5.74, 6) is -0.449. The predicted molar refractivity (Wildman–Crippen MR) is 61.0 cm³/mol. The third kappa shape index (κ3) is 2.28. The standard InChI is InChI=1S/C10H9N5O2/c11-7(16)5-2-1-3-6(4-5)8-13-9(12)15-10(17)14-8/h1-4H,(H2,11,16)(H3,12,13,14,15,17). The number of carbonyl (C=O) groups is 1. The number of carbonyl (C=O) groups excluding carboxylic acids is 1. The molecule has 0 aliphatic carbocycles. The van der Waals surface area contributed by atoms with E-state index in [1.807, 2.05) is 0 Å². The number of amides is 1. The molecule has 2 aromatic rings. The van der Waals surface area contributed by atoms with Gasteiger partial charge in [-0.25, -0.2) is 4.79 Å². The van der Waals surface area contributed by atoms with Crippen LogP contribution < -0.4 is 17.2 Å². The molecule has 1 amide bonds. The summed E-state index contributed by atoms with van der Waals surface area (Å²) >= 11 is 0. The van der Waals surface area contributed by atoms with Crippen molar-refractivity contribution in [3.63, 3.8) is 0 Å². The Morgan fingerprint density at radius 1 is 1.29 bits per heavy atom. The Balaban J connectivity index is 2.56. The highest BCUT2D eigenvalue weighted by molar-refractivity contribution is 5.93. The number of primary amides is 1. The summed E-state index contributed by atoms with van der Waals surface area (Å²) in [6.07, 6.45) is 0. The molecule has 86 valence electrons. The van der Waals surface area contributed by atoms with E-state index in [1.54, 1.807) is 18.2 Å². The van der Waals surface area contributed by atoms with Gasteiger partial charge in [-0.1, -0.05) is 12.1 Å². The fourth-order valence-corrected chi connectivity index (χ4v) is 1.36. The number of aromatic nitrogens is 3. The van der Waals surface area contributed by atoms with Crippen LogP contribution in [0.2, 0.25) is 0 Å². The molecule has 0 unspecified atom stereocenters. The maximum atomic E-state index is 11.1. The van der Waals surface area contributed by atoms with Gasteiger partial charge in [-0.05, 0) is 12.1 Å². The van der Waals surface area contributed by atoms with E-state index in [-0.39, 0.29) is 11.8 Å². The van der Waals surface area contributed by atoms with Crippen molar-refractivity contribution in [1.82, 2.24) is 15.0 Å². The summed E-state index contributed by atoms with van der Waals surface area (Å²) in [5, 5.41) is 0. The molecule has 1 heterocycles. The molecular weight excluding hydrogens is 222 g/mol. The van der Waals surface area contributed by atoms with E-state index in [9.17, 15) is 9.59 Å². The number of nitrogens with one attached hydrogen (secondary N) is 1. The lowest BCUT2D eigenvalue weighted by Crippen LogP contribution is -2.16. The average molecular weight is 231 g/mol. The molecule has 7 heteroatoms. The number of benzene rings is 1. The molecule has 0 aliphatic rings. The van der Waals surface area contributed by atoms with Crippen molar-refractivity contribution in [2.45, 2.75) is 0 Å². The Labute approximate surface area is 95.5 Å². The van der Waals surface area contributed by atoms with Gasteiger partial charge in [0, 0.05) is 11.1 Å². The highest BCUT2D eigenvalue weighted by atomic mass is 16.1. The second-order valence-corrected chi connectivity index (χ2v) is 3.31. The van der Waals surface area contributed by atoms with E-state index in [4.69, 9.17) is 11.5 Å². The van der Waals surface area contributed by atoms with Crippen LogP contribution in [0.5, 0.6) is 0 Å². The second-order valence-electron chi connectivity index (χ2n) is 3.31. The van der Waals surface area contributed by atoms with Crippen LogP contribution >= 0.6 is 0 Å². The van der Waals surface area contributed by atoms with E-state index < -0.39 is 11.6 Å². The fourth-order valence-electron chi connectivity index (χ4n) is 1.36. The molecule has 7 nitrogen and oxygen atoms in total. The SMILES string of the molecule is NC(=O)c1cccc(-c2nc(N)nc(=O)[nH]2)c1. The highest BCUT2D eigenvalue weighted by Gasteiger charge is 2.06. The first-order valence-corrected chi connectivity index (χ1v) is 4.70. The molecule has 0 bridgehead atoms. The Morgan fingerprint density at radius 2 is 2.06 bits per heavy atom. The monoisotopic (exact) mass is 231 g/mol. The van der Waals surface area contributed by atoms with E-state index in [1.165, 1.54) is 6.07 Å². The lowest BCUT2D eigenvalue weighted by atomic mass is 10.1. The largest absolute Gasteiger partial charge is 0.368 e. The molecular formula is C10H9N5O2. The molecule has 0 atom stereocenters. The summed E-state index contributed by atoms with van der Waals surface area (Å²) in [6.45, 7) is 0. The van der Waals surface area contributed by atoms with Gasteiger partial charge in [-0.3, -0.25) is 9.78 Å². The molecule has 0 saturated heterocycles. The molecule has 5 N–H and O–H groups in total. The topological polar surface area (TPSA) is 128 Å². The van der Waals surface area contributed by atoms with Crippen LogP contribution in [0, 0.1) is 0 Å². The number of nitrogens with two attached hydrogens (primary N) is 2. The number of hydrogen-bond acceptors (Lipinski definition) is 5. The van der Waals surface area contributed by atoms with E-state index in [0.29, 0.717) is 11.1 Å². The smallest absolute Gasteiger partial charge is 0.349 e. The van der Waals surface area contributed by atoms with Crippen LogP contribution in [0.3, 0.4) is 0 Å². The number of H-pyrrole nitrogens is 1. The van der Waals surface area contributed by atoms with Crippen molar-refractivity contribution in [3.8, 4) is 11.4 Å². The van der Waals surface area contributed by atoms with Gasteiger partial charge in [-0.2, -0.15) is 9.97 Å². The van der Waals surface area contributed by atoms with Crippen LogP contribution in [-0.4, -0.2) is 20.9 Å². The first-order valence-electron chi connectivity index (χ1n) is 4.70. The average Bonchev–Trinajstić information content (AvgIpc) is 2.28. The highest BCUT2D eigenvalue weighted by Crippen LogP contribution is 2.15. The minimum Gasteiger partial charge on any atom is -0.368 e. The lowest BCUT2D eigenvalue weighted by molar-refractivity contribution is 0.100. The predicted octanol–water partition coefficient (Wildman–Crippen LogP) is -0.487. The summed E-state index contributed by atoms with van der Waals surface area (Å²) in [7, 11) is 0.